The number of hydrogen-bond acceptors (Lipinski definition) is 6. The van der Waals surface area contributed by atoms with E-state index in [4.69, 9.17) is 0 Å². The number of para-hydroxylation sites is 1. The number of benzene rings is 2. The van der Waals surface area contributed by atoms with Gasteiger partial charge in [0.2, 0.25) is 17.2 Å². The second kappa shape index (κ2) is 6.14. The fourth-order valence-electron chi connectivity index (χ4n) is 3.38. The molecule has 0 radical (unpaired) electrons. The molecule has 0 saturated heterocycles. The number of methoxy groups -OCH3 is 1. The van der Waals surface area contributed by atoms with Crippen molar-refractivity contribution in [2.24, 2.45) is 0 Å². The fraction of sp³-hybridized carbons (Fsp3) is 0.100. The van der Waals surface area contributed by atoms with Crippen LogP contribution in [0.4, 0.5) is 0 Å². The van der Waals surface area contributed by atoms with E-state index in [0.717, 1.165) is 11.8 Å². The number of H-pyrrole nitrogens is 1. The monoisotopic (exact) mass is 378 g/mol. The number of esters is 1. The molecule has 4 rings (SSSR count). The van der Waals surface area contributed by atoms with Gasteiger partial charge in [0, 0.05) is 11.1 Å². The molecule has 1 aliphatic rings. The quantitative estimate of drug-likeness (QED) is 0.523. The first kappa shape index (κ1) is 17.6. The van der Waals surface area contributed by atoms with Crippen LogP contribution in [0.2, 0.25) is 0 Å². The minimum absolute atomic E-state index is 0.0160. The number of rotatable bonds is 3. The summed E-state index contributed by atoms with van der Waals surface area (Å²) in [5.74, 6) is -2.92. The number of ether oxygens (including phenoxy) is 1. The maximum atomic E-state index is 13.1. The highest BCUT2D eigenvalue weighted by molar-refractivity contribution is 6.32. The average molecular weight is 378 g/mol. The molecule has 1 heterocycles. The number of carbonyl (C=O) groups is 3. The third-order valence-electron chi connectivity index (χ3n) is 4.73. The summed E-state index contributed by atoms with van der Waals surface area (Å²) in [7, 11) is 1.08. The van der Waals surface area contributed by atoms with Gasteiger partial charge in [-0.15, -0.1) is 0 Å². The van der Waals surface area contributed by atoms with Crippen LogP contribution >= 0.6 is 0 Å². The van der Waals surface area contributed by atoms with Gasteiger partial charge in [0.05, 0.1) is 18.4 Å². The SMILES string of the molecule is COC(=O)c1[nH]n(-c2ccccc2)c(=O)c1C1(O)C(=O)c2ccccc2C1=O. The van der Waals surface area contributed by atoms with E-state index in [2.05, 4.69) is 9.84 Å². The first-order valence-electron chi connectivity index (χ1n) is 8.31. The predicted molar refractivity (Wildman–Crippen MR) is 96.7 cm³/mol. The lowest BCUT2D eigenvalue weighted by atomic mass is 9.88. The summed E-state index contributed by atoms with van der Waals surface area (Å²) in [6, 6.07) is 14.1. The summed E-state index contributed by atoms with van der Waals surface area (Å²) in [5, 5.41) is 13.7. The summed E-state index contributed by atoms with van der Waals surface area (Å²) in [4.78, 5) is 51.2. The topological polar surface area (TPSA) is 118 Å². The summed E-state index contributed by atoms with van der Waals surface area (Å²) < 4.78 is 5.65. The van der Waals surface area contributed by atoms with Crippen LogP contribution in [0.3, 0.4) is 0 Å². The van der Waals surface area contributed by atoms with E-state index >= 15 is 0 Å². The van der Waals surface area contributed by atoms with Crippen molar-refractivity contribution in [1.82, 2.24) is 9.78 Å². The molecule has 0 spiro atoms. The molecule has 140 valence electrons. The number of aromatic amines is 1. The van der Waals surface area contributed by atoms with Crippen LogP contribution in [0, 0.1) is 0 Å². The van der Waals surface area contributed by atoms with Crippen LogP contribution in [0.25, 0.3) is 5.69 Å². The Morgan fingerprint density at radius 2 is 1.50 bits per heavy atom. The van der Waals surface area contributed by atoms with Crippen LogP contribution in [-0.4, -0.2) is 39.5 Å². The van der Waals surface area contributed by atoms with Crippen molar-refractivity contribution in [2.45, 2.75) is 5.60 Å². The molecule has 1 aliphatic carbocycles. The van der Waals surface area contributed by atoms with E-state index in [1.807, 2.05) is 0 Å². The van der Waals surface area contributed by atoms with Crippen molar-refractivity contribution in [3.8, 4) is 5.69 Å². The Labute approximate surface area is 158 Å². The van der Waals surface area contributed by atoms with Gasteiger partial charge in [0.15, 0.2) is 5.69 Å². The normalized spacial score (nSPS) is 14.8. The van der Waals surface area contributed by atoms with Crippen LogP contribution in [-0.2, 0) is 10.3 Å². The Kier molecular flexibility index (Phi) is 3.86. The van der Waals surface area contributed by atoms with Gasteiger partial charge in [-0.25, -0.2) is 9.48 Å². The van der Waals surface area contributed by atoms with Gasteiger partial charge in [-0.3, -0.25) is 19.5 Å². The summed E-state index contributed by atoms with van der Waals surface area (Å²) in [5.41, 5.74) is -4.52. The molecule has 2 aromatic carbocycles. The zero-order valence-electron chi connectivity index (χ0n) is 14.6. The van der Waals surface area contributed by atoms with E-state index in [1.165, 1.54) is 24.3 Å². The average Bonchev–Trinajstić information content (AvgIpc) is 3.17. The number of hydrogen-bond donors (Lipinski definition) is 2. The zero-order chi connectivity index (χ0) is 20.1. The number of nitrogens with zero attached hydrogens (tertiary/aromatic N) is 1. The van der Waals surface area contributed by atoms with Gasteiger partial charge >= 0.3 is 5.97 Å². The predicted octanol–water partition coefficient (Wildman–Crippen LogP) is 1.22. The van der Waals surface area contributed by atoms with Crippen molar-refractivity contribution in [2.75, 3.05) is 7.11 Å². The summed E-state index contributed by atoms with van der Waals surface area (Å²) in [6.07, 6.45) is 0. The van der Waals surface area contributed by atoms with E-state index < -0.39 is 40.0 Å². The Morgan fingerprint density at radius 3 is 2.04 bits per heavy atom. The highest BCUT2D eigenvalue weighted by Gasteiger charge is 2.57. The second-order valence-electron chi connectivity index (χ2n) is 6.24. The zero-order valence-corrected chi connectivity index (χ0v) is 14.6. The number of ketones is 2. The van der Waals surface area contributed by atoms with Crippen molar-refractivity contribution >= 4 is 17.5 Å². The number of fused-ring (bicyclic) bond motifs is 1. The molecule has 0 unspecified atom stereocenters. The van der Waals surface area contributed by atoms with Gasteiger partial charge in [0.25, 0.3) is 5.56 Å². The molecule has 28 heavy (non-hydrogen) atoms. The van der Waals surface area contributed by atoms with Gasteiger partial charge in [0.1, 0.15) is 0 Å². The standard InChI is InChI=1S/C20H14N2O6/c1-28-19(26)15-14(18(25)22(21-15)11-7-3-2-4-8-11)20(27)16(23)12-9-5-6-10-13(12)17(20)24/h2-10,21,27H,1H3. The van der Waals surface area contributed by atoms with Gasteiger partial charge in [-0.05, 0) is 12.1 Å². The van der Waals surface area contributed by atoms with Crippen molar-refractivity contribution < 1.29 is 24.2 Å². The Bertz CT molecular complexity index is 1150. The minimum atomic E-state index is -2.82. The first-order chi connectivity index (χ1) is 13.4. The fourth-order valence-corrected chi connectivity index (χ4v) is 3.38. The molecule has 0 bridgehead atoms. The lowest BCUT2D eigenvalue weighted by Gasteiger charge is -2.17. The van der Waals surface area contributed by atoms with Crippen LogP contribution in [0.1, 0.15) is 36.8 Å². The van der Waals surface area contributed by atoms with Crippen LogP contribution in [0.15, 0.2) is 59.4 Å². The van der Waals surface area contributed by atoms with Crippen molar-refractivity contribution in [3.05, 3.63) is 87.3 Å². The Morgan fingerprint density at radius 1 is 0.964 bits per heavy atom. The van der Waals surface area contributed by atoms with Crippen molar-refractivity contribution in [3.63, 3.8) is 0 Å². The Hall–Kier alpha value is -3.78. The maximum absolute atomic E-state index is 13.1. The van der Waals surface area contributed by atoms with Gasteiger partial charge in [-0.1, -0.05) is 42.5 Å². The molecule has 3 aromatic rings. The van der Waals surface area contributed by atoms with E-state index in [1.54, 1.807) is 30.3 Å². The molecule has 2 N–H and O–H groups in total. The lowest BCUT2D eigenvalue weighted by molar-refractivity contribution is 0.0309. The molecule has 1 aromatic heterocycles. The molecule has 0 atom stereocenters. The molecule has 8 heteroatoms. The molecule has 0 saturated carbocycles. The van der Waals surface area contributed by atoms with E-state index in [-0.39, 0.29) is 11.1 Å². The number of nitrogens with one attached hydrogen (secondary N) is 1. The van der Waals surface area contributed by atoms with Crippen molar-refractivity contribution in [1.29, 1.82) is 0 Å². The van der Waals surface area contributed by atoms with Crippen LogP contribution in [0.5, 0.6) is 0 Å². The van der Waals surface area contributed by atoms with Crippen LogP contribution < -0.4 is 5.56 Å². The molecular weight excluding hydrogens is 364 g/mol. The number of aromatic nitrogens is 2. The van der Waals surface area contributed by atoms with Gasteiger partial charge in [-0.2, -0.15) is 0 Å². The number of Topliss-reactive ketones (excluding diaryl/α,β-unsaturated/α-hetero) is 2. The lowest BCUT2D eigenvalue weighted by Crippen LogP contribution is -2.43. The third kappa shape index (κ3) is 2.21. The second-order valence-corrected chi connectivity index (χ2v) is 6.24. The molecule has 0 fully saturated rings. The maximum Gasteiger partial charge on any atom is 0.356 e. The largest absolute Gasteiger partial charge is 0.464 e. The highest BCUT2D eigenvalue weighted by atomic mass is 16.5. The minimum Gasteiger partial charge on any atom is -0.464 e. The smallest absolute Gasteiger partial charge is 0.356 e. The van der Waals surface area contributed by atoms with E-state index in [0.29, 0.717) is 5.69 Å². The highest BCUT2D eigenvalue weighted by Crippen LogP contribution is 2.37. The van der Waals surface area contributed by atoms with Gasteiger partial charge < -0.3 is 9.84 Å². The molecular formula is C20H14N2O6. The number of aliphatic hydroxyl groups is 1. The molecule has 0 amide bonds. The third-order valence-corrected chi connectivity index (χ3v) is 4.73. The Balaban J connectivity index is 2.02. The van der Waals surface area contributed by atoms with E-state index in [9.17, 15) is 24.3 Å². The summed E-state index contributed by atoms with van der Waals surface area (Å²) in [6.45, 7) is 0. The summed E-state index contributed by atoms with van der Waals surface area (Å²) >= 11 is 0. The first-order valence-corrected chi connectivity index (χ1v) is 8.31. The number of carbonyl (C=O) groups excluding carboxylic acids is 3. The molecule has 8 nitrogen and oxygen atoms in total. The molecule has 0 aliphatic heterocycles.